The number of hydrogen-bond acceptors (Lipinski definition) is 4. The molecule has 0 aliphatic carbocycles. The number of nitrogens with zero attached hydrogens (tertiary/aromatic N) is 1. The van der Waals surface area contributed by atoms with Gasteiger partial charge in [0, 0.05) is 18.7 Å². The van der Waals surface area contributed by atoms with Gasteiger partial charge in [-0.25, -0.2) is 4.39 Å². The van der Waals surface area contributed by atoms with Crippen LogP contribution >= 0.6 is 11.6 Å². The van der Waals surface area contributed by atoms with Gasteiger partial charge in [-0.15, -0.1) is 0 Å². The molecule has 2 aromatic rings. The minimum atomic E-state index is -0.749. The van der Waals surface area contributed by atoms with Crippen molar-refractivity contribution in [3.63, 3.8) is 0 Å². The molecule has 26 heavy (non-hydrogen) atoms. The van der Waals surface area contributed by atoms with Gasteiger partial charge in [-0.3, -0.25) is 19.3 Å². The molecule has 1 aliphatic heterocycles. The number of nitrogens with one attached hydrogen (secondary N) is 1. The predicted molar refractivity (Wildman–Crippen MR) is 93.0 cm³/mol. The van der Waals surface area contributed by atoms with E-state index in [4.69, 9.17) is 16.3 Å². The van der Waals surface area contributed by atoms with Crippen molar-refractivity contribution in [2.75, 3.05) is 19.0 Å². The Balaban J connectivity index is 1.64. The molecule has 1 N–H and O–H groups in total. The van der Waals surface area contributed by atoms with E-state index in [1.807, 2.05) is 0 Å². The molecule has 8 heteroatoms. The van der Waals surface area contributed by atoms with Gasteiger partial charge in [-0.2, -0.15) is 0 Å². The zero-order chi connectivity index (χ0) is 18.8. The van der Waals surface area contributed by atoms with Crippen LogP contribution in [0, 0.1) is 5.82 Å². The third kappa shape index (κ3) is 3.25. The summed E-state index contributed by atoms with van der Waals surface area (Å²) < 4.78 is 18.8. The standard InChI is InChI=1S/C18H14ClFN2O4/c1-26-14-6-5-10(9-12(14)19)21-15(23)7-8-22-17(24)11-3-2-4-13(20)16(11)18(22)25/h2-6,9H,7-8H2,1H3,(H,21,23). The molecular weight excluding hydrogens is 363 g/mol. The highest BCUT2D eigenvalue weighted by atomic mass is 35.5. The Bertz CT molecular complexity index is 916. The van der Waals surface area contributed by atoms with Gasteiger partial charge in [0.25, 0.3) is 11.8 Å². The van der Waals surface area contributed by atoms with Gasteiger partial charge in [0.1, 0.15) is 11.6 Å². The predicted octanol–water partition coefficient (Wildman–Crippen LogP) is 3.11. The van der Waals surface area contributed by atoms with Crippen LogP contribution < -0.4 is 10.1 Å². The van der Waals surface area contributed by atoms with E-state index in [9.17, 15) is 18.8 Å². The van der Waals surface area contributed by atoms with Crippen LogP contribution in [-0.4, -0.2) is 36.3 Å². The molecule has 3 amide bonds. The van der Waals surface area contributed by atoms with Crippen molar-refractivity contribution >= 4 is 35.0 Å². The summed E-state index contributed by atoms with van der Waals surface area (Å²) in [6, 6.07) is 8.61. The first-order valence-electron chi connectivity index (χ1n) is 7.70. The lowest BCUT2D eigenvalue weighted by Gasteiger charge is -2.14. The number of benzene rings is 2. The quantitative estimate of drug-likeness (QED) is 0.813. The molecule has 0 spiro atoms. The fourth-order valence-corrected chi connectivity index (χ4v) is 2.93. The lowest BCUT2D eigenvalue weighted by molar-refractivity contribution is -0.116. The van der Waals surface area contributed by atoms with Crippen LogP contribution in [0.3, 0.4) is 0 Å². The Labute approximate surface area is 153 Å². The molecule has 0 fully saturated rings. The van der Waals surface area contributed by atoms with E-state index in [0.29, 0.717) is 16.5 Å². The number of rotatable bonds is 5. The van der Waals surface area contributed by atoms with Crippen molar-refractivity contribution < 1.29 is 23.5 Å². The third-order valence-electron chi connectivity index (χ3n) is 3.95. The van der Waals surface area contributed by atoms with Gasteiger partial charge in [-0.1, -0.05) is 17.7 Å². The number of halogens is 2. The number of anilines is 1. The number of amides is 3. The molecule has 0 saturated carbocycles. The zero-order valence-corrected chi connectivity index (χ0v) is 14.5. The largest absolute Gasteiger partial charge is 0.495 e. The molecule has 0 bridgehead atoms. The molecule has 0 radical (unpaired) electrons. The normalized spacial score (nSPS) is 13.0. The number of fused-ring (bicyclic) bond motifs is 1. The zero-order valence-electron chi connectivity index (χ0n) is 13.7. The molecule has 134 valence electrons. The van der Waals surface area contributed by atoms with E-state index < -0.39 is 23.5 Å². The summed E-state index contributed by atoms with van der Waals surface area (Å²) in [6.07, 6.45) is -0.128. The molecule has 0 saturated heterocycles. The molecule has 2 aromatic carbocycles. The van der Waals surface area contributed by atoms with Crippen molar-refractivity contribution in [1.29, 1.82) is 0 Å². The van der Waals surface area contributed by atoms with Crippen LogP contribution in [0.1, 0.15) is 27.1 Å². The highest BCUT2D eigenvalue weighted by Gasteiger charge is 2.37. The lowest BCUT2D eigenvalue weighted by Crippen LogP contribution is -2.33. The average Bonchev–Trinajstić information content (AvgIpc) is 2.85. The first-order chi connectivity index (χ1) is 12.4. The minimum Gasteiger partial charge on any atom is -0.495 e. The van der Waals surface area contributed by atoms with Gasteiger partial charge in [0.15, 0.2) is 0 Å². The van der Waals surface area contributed by atoms with Crippen molar-refractivity contribution in [1.82, 2.24) is 4.90 Å². The fourth-order valence-electron chi connectivity index (χ4n) is 2.68. The average molecular weight is 377 g/mol. The van der Waals surface area contributed by atoms with Gasteiger partial charge in [0.2, 0.25) is 5.91 Å². The maximum absolute atomic E-state index is 13.8. The van der Waals surface area contributed by atoms with Crippen LogP contribution in [0.2, 0.25) is 5.02 Å². The molecule has 0 atom stereocenters. The fraction of sp³-hybridized carbons (Fsp3) is 0.167. The molecule has 3 rings (SSSR count). The first-order valence-corrected chi connectivity index (χ1v) is 8.08. The van der Waals surface area contributed by atoms with Crippen LogP contribution in [0.25, 0.3) is 0 Å². The van der Waals surface area contributed by atoms with Crippen LogP contribution in [0.4, 0.5) is 10.1 Å². The van der Waals surface area contributed by atoms with Gasteiger partial charge in [-0.05, 0) is 30.3 Å². The second kappa shape index (κ2) is 7.13. The van der Waals surface area contributed by atoms with Crippen molar-refractivity contribution in [2.24, 2.45) is 0 Å². The highest BCUT2D eigenvalue weighted by molar-refractivity contribution is 6.32. The van der Waals surface area contributed by atoms with E-state index in [1.165, 1.54) is 25.3 Å². The Morgan fingerprint density at radius 1 is 1.23 bits per heavy atom. The van der Waals surface area contributed by atoms with Crippen molar-refractivity contribution in [3.05, 3.63) is 58.4 Å². The molecule has 6 nitrogen and oxygen atoms in total. The Hall–Kier alpha value is -2.93. The summed E-state index contributed by atoms with van der Waals surface area (Å²) in [7, 11) is 1.48. The molecular formula is C18H14ClFN2O4. The summed E-state index contributed by atoms with van der Waals surface area (Å²) in [5, 5.41) is 2.95. The Kier molecular flexibility index (Phi) is 4.90. The van der Waals surface area contributed by atoms with Crippen molar-refractivity contribution in [3.8, 4) is 5.75 Å². The number of ether oxygens (including phenoxy) is 1. The topological polar surface area (TPSA) is 75.7 Å². The summed E-state index contributed by atoms with van der Waals surface area (Å²) in [5.74, 6) is -2.03. The second-order valence-electron chi connectivity index (χ2n) is 5.57. The third-order valence-corrected chi connectivity index (χ3v) is 4.24. The molecule has 0 aromatic heterocycles. The summed E-state index contributed by atoms with van der Waals surface area (Å²) in [4.78, 5) is 37.4. The van der Waals surface area contributed by atoms with Gasteiger partial charge < -0.3 is 10.1 Å². The van der Waals surface area contributed by atoms with Crippen molar-refractivity contribution in [2.45, 2.75) is 6.42 Å². The lowest BCUT2D eigenvalue weighted by atomic mass is 10.1. The smallest absolute Gasteiger partial charge is 0.264 e. The van der Waals surface area contributed by atoms with Gasteiger partial charge in [0.05, 0.1) is 23.3 Å². The van der Waals surface area contributed by atoms with E-state index in [1.54, 1.807) is 12.1 Å². The summed E-state index contributed by atoms with van der Waals surface area (Å²) in [6.45, 7) is -0.151. The highest BCUT2D eigenvalue weighted by Crippen LogP contribution is 2.28. The maximum Gasteiger partial charge on any atom is 0.264 e. The molecule has 1 aliphatic rings. The van der Waals surface area contributed by atoms with E-state index in [2.05, 4.69) is 5.32 Å². The van der Waals surface area contributed by atoms with Crippen LogP contribution in [0.5, 0.6) is 5.75 Å². The first kappa shape index (κ1) is 17.9. The monoisotopic (exact) mass is 376 g/mol. The van der Waals surface area contributed by atoms with E-state index >= 15 is 0 Å². The number of imide groups is 1. The number of carbonyl (C=O) groups excluding carboxylic acids is 3. The summed E-state index contributed by atoms with van der Waals surface area (Å²) >= 11 is 5.99. The van der Waals surface area contributed by atoms with Crippen LogP contribution in [0.15, 0.2) is 36.4 Å². The minimum absolute atomic E-state index is 0.0114. The Morgan fingerprint density at radius 2 is 2.00 bits per heavy atom. The second-order valence-corrected chi connectivity index (χ2v) is 5.98. The SMILES string of the molecule is COc1ccc(NC(=O)CCN2C(=O)c3cccc(F)c3C2=O)cc1Cl. The molecule has 1 heterocycles. The van der Waals surface area contributed by atoms with Crippen LogP contribution in [-0.2, 0) is 4.79 Å². The van der Waals surface area contributed by atoms with E-state index in [0.717, 1.165) is 11.0 Å². The maximum atomic E-state index is 13.8. The van der Waals surface area contributed by atoms with E-state index in [-0.39, 0.29) is 24.1 Å². The number of hydrogen-bond donors (Lipinski definition) is 1. The number of methoxy groups -OCH3 is 1. The Morgan fingerprint density at radius 3 is 2.65 bits per heavy atom. The number of carbonyl (C=O) groups is 3. The summed E-state index contributed by atoms with van der Waals surface area (Å²) in [5.41, 5.74) is 0.214. The van der Waals surface area contributed by atoms with Gasteiger partial charge >= 0.3 is 0 Å². The molecule has 0 unspecified atom stereocenters.